The lowest BCUT2D eigenvalue weighted by Gasteiger charge is -2.15. The van der Waals surface area contributed by atoms with Crippen molar-refractivity contribution in [3.8, 4) is 0 Å². The van der Waals surface area contributed by atoms with Crippen LogP contribution in [0.5, 0.6) is 0 Å². The van der Waals surface area contributed by atoms with Gasteiger partial charge in [0.25, 0.3) is 0 Å². The summed E-state index contributed by atoms with van der Waals surface area (Å²) in [4.78, 5) is 2.80. The van der Waals surface area contributed by atoms with Crippen molar-refractivity contribution in [2.75, 3.05) is 6.54 Å². The van der Waals surface area contributed by atoms with E-state index in [0.717, 1.165) is 13.0 Å². The maximum atomic E-state index is 3.55. The van der Waals surface area contributed by atoms with Gasteiger partial charge in [0.15, 0.2) is 0 Å². The van der Waals surface area contributed by atoms with Crippen LogP contribution in [0.25, 0.3) is 0 Å². The molecule has 1 nitrogen and oxygen atoms in total. The molecule has 2 aromatic heterocycles. The van der Waals surface area contributed by atoms with Crippen LogP contribution in [0, 0.1) is 0 Å². The minimum Gasteiger partial charge on any atom is -0.309 e. The largest absolute Gasteiger partial charge is 0.309 e. The van der Waals surface area contributed by atoms with Gasteiger partial charge in [-0.05, 0) is 50.5 Å². The van der Waals surface area contributed by atoms with E-state index in [1.807, 2.05) is 22.7 Å². The maximum Gasteiger partial charge on any atom is 0.0463 e. The predicted molar refractivity (Wildman–Crippen MR) is 84.2 cm³/mol. The second-order valence-corrected chi connectivity index (χ2v) is 7.48. The van der Waals surface area contributed by atoms with Crippen LogP contribution >= 0.6 is 54.5 Å². The monoisotopic (exact) mass is 393 g/mol. The quantitative estimate of drug-likeness (QED) is 0.732. The number of rotatable bonds is 5. The van der Waals surface area contributed by atoms with Crippen LogP contribution in [-0.4, -0.2) is 6.54 Å². The third kappa shape index (κ3) is 3.89. The lowest BCUT2D eigenvalue weighted by Crippen LogP contribution is -2.21. The van der Waals surface area contributed by atoms with E-state index in [4.69, 9.17) is 0 Å². The molecule has 1 atom stereocenters. The summed E-state index contributed by atoms with van der Waals surface area (Å²) in [5.74, 6) is 0. The van der Waals surface area contributed by atoms with Gasteiger partial charge >= 0.3 is 0 Å². The van der Waals surface area contributed by atoms with E-state index >= 15 is 0 Å². The summed E-state index contributed by atoms with van der Waals surface area (Å²) in [5.41, 5.74) is 0. The first-order chi connectivity index (χ1) is 8.19. The minimum atomic E-state index is 0.418. The standard InChI is InChI=1S/C12H13Br2NS2/c1-2-15-11(12-4-9(14)7-17-12)5-10-3-8(13)6-16-10/h3-4,6-7,11,15H,2,5H2,1H3. The van der Waals surface area contributed by atoms with E-state index in [9.17, 15) is 0 Å². The third-order valence-electron chi connectivity index (χ3n) is 2.41. The second kappa shape index (κ2) is 6.48. The summed E-state index contributed by atoms with van der Waals surface area (Å²) < 4.78 is 2.35. The first kappa shape index (κ1) is 13.7. The van der Waals surface area contributed by atoms with Crippen LogP contribution in [0.15, 0.2) is 31.8 Å². The van der Waals surface area contributed by atoms with Crippen molar-refractivity contribution >= 4 is 54.5 Å². The molecule has 2 aromatic rings. The Hall–Kier alpha value is 0.320. The normalized spacial score (nSPS) is 12.9. The summed E-state index contributed by atoms with van der Waals surface area (Å²) in [5, 5.41) is 7.84. The highest BCUT2D eigenvalue weighted by atomic mass is 79.9. The zero-order valence-electron chi connectivity index (χ0n) is 9.37. The Morgan fingerprint density at radius 3 is 2.41 bits per heavy atom. The molecule has 0 saturated heterocycles. The lowest BCUT2D eigenvalue weighted by atomic mass is 10.1. The number of nitrogens with one attached hydrogen (secondary N) is 1. The van der Waals surface area contributed by atoms with E-state index in [2.05, 4.69) is 67.0 Å². The Morgan fingerprint density at radius 2 is 1.88 bits per heavy atom. The van der Waals surface area contributed by atoms with E-state index in [-0.39, 0.29) is 0 Å². The molecule has 2 rings (SSSR count). The Bertz CT molecular complexity index is 478. The van der Waals surface area contributed by atoms with Crippen LogP contribution in [-0.2, 0) is 6.42 Å². The van der Waals surface area contributed by atoms with Crippen molar-refractivity contribution in [2.24, 2.45) is 0 Å². The molecule has 1 unspecified atom stereocenters. The van der Waals surface area contributed by atoms with Gasteiger partial charge in [0, 0.05) is 41.9 Å². The van der Waals surface area contributed by atoms with Crippen LogP contribution in [0.3, 0.4) is 0 Å². The molecule has 0 aliphatic rings. The summed E-state index contributed by atoms with van der Waals surface area (Å²) >= 11 is 10.6. The molecular weight excluding hydrogens is 382 g/mol. The third-order valence-corrected chi connectivity index (χ3v) is 5.94. The molecule has 17 heavy (non-hydrogen) atoms. The molecule has 1 N–H and O–H groups in total. The topological polar surface area (TPSA) is 12.0 Å². The number of halogens is 2. The highest BCUT2D eigenvalue weighted by Gasteiger charge is 2.14. The average molecular weight is 395 g/mol. The molecule has 0 spiro atoms. The minimum absolute atomic E-state index is 0.418. The van der Waals surface area contributed by atoms with E-state index < -0.39 is 0 Å². The maximum absolute atomic E-state index is 3.55. The van der Waals surface area contributed by atoms with Crippen LogP contribution in [0.1, 0.15) is 22.7 Å². The van der Waals surface area contributed by atoms with E-state index in [0.29, 0.717) is 6.04 Å². The number of likely N-dealkylation sites (N-methyl/N-ethyl adjacent to an activating group) is 1. The van der Waals surface area contributed by atoms with Crippen LogP contribution in [0.2, 0.25) is 0 Å². The molecule has 0 saturated carbocycles. The first-order valence-electron chi connectivity index (χ1n) is 5.39. The average Bonchev–Trinajstić information content (AvgIpc) is 2.87. The van der Waals surface area contributed by atoms with Crippen molar-refractivity contribution in [1.29, 1.82) is 0 Å². The zero-order valence-corrected chi connectivity index (χ0v) is 14.2. The van der Waals surface area contributed by atoms with Crippen molar-refractivity contribution in [3.63, 3.8) is 0 Å². The Kier molecular flexibility index (Phi) is 5.24. The number of hydrogen-bond acceptors (Lipinski definition) is 3. The van der Waals surface area contributed by atoms with Crippen LogP contribution in [0.4, 0.5) is 0 Å². The van der Waals surface area contributed by atoms with Gasteiger partial charge < -0.3 is 5.32 Å². The van der Waals surface area contributed by atoms with Gasteiger partial charge in [-0.2, -0.15) is 0 Å². The molecule has 0 aliphatic carbocycles. The highest BCUT2D eigenvalue weighted by molar-refractivity contribution is 9.10. The number of hydrogen-bond donors (Lipinski definition) is 1. The molecule has 0 aromatic carbocycles. The molecule has 0 bridgehead atoms. The number of thiophene rings is 2. The molecule has 92 valence electrons. The fourth-order valence-electron chi connectivity index (χ4n) is 1.69. The van der Waals surface area contributed by atoms with Gasteiger partial charge in [0.2, 0.25) is 0 Å². The van der Waals surface area contributed by atoms with Gasteiger partial charge in [-0.15, -0.1) is 22.7 Å². The molecule has 0 radical (unpaired) electrons. The van der Waals surface area contributed by atoms with Gasteiger partial charge in [-0.25, -0.2) is 0 Å². The molecule has 0 aliphatic heterocycles. The summed E-state index contributed by atoms with van der Waals surface area (Å²) in [6.45, 7) is 3.15. The van der Waals surface area contributed by atoms with E-state index in [1.54, 1.807) is 0 Å². The zero-order chi connectivity index (χ0) is 12.3. The second-order valence-electron chi connectivity index (χ2n) is 3.71. The molecule has 2 heterocycles. The smallest absolute Gasteiger partial charge is 0.0463 e. The van der Waals surface area contributed by atoms with Gasteiger partial charge in [0.1, 0.15) is 0 Å². The molecular formula is C12H13Br2NS2. The Morgan fingerprint density at radius 1 is 1.18 bits per heavy atom. The summed E-state index contributed by atoms with van der Waals surface area (Å²) in [7, 11) is 0. The highest BCUT2D eigenvalue weighted by Crippen LogP contribution is 2.30. The molecule has 0 amide bonds. The SMILES string of the molecule is CCNC(Cc1cc(Br)cs1)c1cc(Br)cs1. The molecule has 5 heteroatoms. The fourth-order valence-corrected chi connectivity index (χ4v) is 4.71. The van der Waals surface area contributed by atoms with E-state index in [1.165, 1.54) is 18.7 Å². The Labute approximate surface area is 127 Å². The fraction of sp³-hybridized carbons (Fsp3) is 0.333. The van der Waals surface area contributed by atoms with Crippen LogP contribution < -0.4 is 5.32 Å². The summed E-state index contributed by atoms with van der Waals surface area (Å²) in [6.07, 6.45) is 1.05. The van der Waals surface area contributed by atoms with Gasteiger partial charge in [-0.3, -0.25) is 0 Å². The lowest BCUT2D eigenvalue weighted by molar-refractivity contribution is 0.561. The summed E-state index contributed by atoms with van der Waals surface area (Å²) in [6, 6.07) is 4.83. The van der Waals surface area contributed by atoms with Gasteiger partial charge in [-0.1, -0.05) is 6.92 Å². The van der Waals surface area contributed by atoms with Crippen molar-refractivity contribution < 1.29 is 0 Å². The van der Waals surface area contributed by atoms with Crippen molar-refractivity contribution in [3.05, 3.63) is 41.6 Å². The molecule has 0 fully saturated rings. The first-order valence-corrected chi connectivity index (χ1v) is 8.73. The Balaban J connectivity index is 2.12. The van der Waals surface area contributed by atoms with Crippen molar-refractivity contribution in [1.82, 2.24) is 5.32 Å². The van der Waals surface area contributed by atoms with Gasteiger partial charge in [0.05, 0.1) is 0 Å². The van der Waals surface area contributed by atoms with Crippen molar-refractivity contribution in [2.45, 2.75) is 19.4 Å². The predicted octanol–water partition coefficient (Wildman–Crippen LogP) is 5.23.